The number of benzene rings is 2. The van der Waals surface area contributed by atoms with E-state index in [4.69, 9.17) is 22.1 Å². The quantitative estimate of drug-likeness (QED) is 0.659. The van der Waals surface area contributed by atoms with E-state index in [0.717, 1.165) is 11.3 Å². The number of amides is 1. The highest BCUT2D eigenvalue weighted by atomic mass is 35.5. The number of rotatable bonds is 5. The molecule has 1 amide bonds. The number of aryl methyl sites for hydroxylation is 1. The molecule has 0 unspecified atom stereocenters. The molecule has 2 rings (SSSR count). The molecule has 0 aliphatic heterocycles. The summed E-state index contributed by atoms with van der Waals surface area (Å²) in [5.41, 5.74) is 7.76. The zero-order chi connectivity index (χ0) is 15.2. The van der Waals surface area contributed by atoms with Crippen LogP contribution in [0.3, 0.4) is 0 Å². The summed E-state index contributed by atoms with van der Waals surface area (Å²) in [7, 11) is 0. The van der Waals surface area contributed by atoms with Gasteiger partial charge in [-0.25, -0.2) is 0 Å². The predicted octanol–water partition coefficient (Wildman–Crippen LogP) is 3.04. The van der Waals surface area contributed by atoms with Crippen molar-refractivity contribution in [3.8, 4) is 5.75 Å². The van der Waals surface area contributed by atoms with Crippen LogP contribution in [0.1, 0.15) is 15.9 Å². The first-order valence-electron chi connectivity index (χ1n) is 6.59. The molecule has 0 heterocycles. The van der Waals surface area contributed by atoms with E-state index in [2.05, 4.69) is 5.32 Å². The van der Waals surface area contributed by atoms with E-state index in [1.807, 2.05) is 13.0 Å². The zero-order valence-corrected chi connectivity index (χ0v) is 12.5. The average molecular weight is 305 g/mol. The van der Waals surface area contributed by atoms with Gasteiger partial charge in [-0.1, -0.05) is 17.7 Å². The van der Waals surface area contributed by atoms with Gasteiger partial charge in [-0.15, -0.1) is 0 Å². The van der Waals surface area contributed by atoms with Crippen molar-refractivity contribution in [3.05, 3.63) is 58.6 Å². The predicted molar refractivity (Wildman–Crippen MR) is 84.9 cm³/mol. The normalized spacial score (nSPS) is 10.2. The number of nitrogens with one attached hydrogen (secondary N) is 1. The van der Waals surface area contributed by atoms with Crippen LogP contribution in [0.4, 0.5) is 5.69 Å². The minimum Gasteiger partial charge on any atom is -0.492 e. The Morgan fingerprint density at radius 3 is 2.62 bits per heavy atom. The van der Waals surface area contributed by atoms with Gasteiger partial charge in [0.15, 0.2) is 0 Å². The molecule has 0 fully saturated rings. The Kier molecular flexibility index (Phi) is 5.06. The Morgan fingerprint density at radius 2 is 1.95 bits per heavy atom. The fourth-order valence-electron chi connectivity index (χ4n) is 1.73. The third-order valence-corrected chi connectivity index (χ3v) is 3.38. The standard InChI is InChI=1S/C16H17ClN2O2/c1-11-2-3-12(10-15(11)17)16(20)19-8-9-21-14-6-4-13(18)5-7-14/h2-7,10H,8-9,18H2,1H3,(H,19,20). The summed E-state index contributed by atoms with van der Waals surface area (Å²) < 4.78 is 5.49. The SMILES string of the molecule is Cc1ccc(C(=O)NCCOc2ccc(N)cc2)cc1Cl. The lowest BCUT2D eigenvalue weighted by Crippen LogP contribution is -2.28. The highest BCUT2D eigenvalue weighted by Crippen LogP contribution is 2.16. The molecule has 110 valence electrons. The largest absolute Gasteiger partial charge is 0.492 e. The van der Waals surface area contributed by atoms with Gasteiger partial charge in [0.2, 0.25) is 0 Å². The van der Waals surface area contributed by atoms with Gasteiger partial charge in [0.1, 0.15) is 12.4 Å². The summed E-state index contributed by atoms with van der Waals surface area (Å²) in [4.78, 5) is 11.9. The van der Waals surface area contributed by atoms with Crippen LogP contribution >= 0.6 is 11.6 Å². The topological polar surface area (TPSA) is 64.3 Å². The van der Waals surface area contributed by atoms with Crippen LogP contribution < -0.4 is 15.8 Å². The Morgan fingerprint density at radius 1 is 1.24 bits per heavy atom. The molecule has 0 saturated carbocycles. The van der Waals surface area contributed by atoms with E-state index in [9.17, 15) is 4.79 Å². The van der Waals surface area contributed by atoms with Crippen molar-refractivity contribution in [2.24, 2.45) is 0 Å². The smallest absolute Gasteiger partial charge is 0.251 e. The third kappa shape index (κ3) is 4.39. The number of carbonyl (C=O) groups excluding carboxylic acids is 1. The molecule has 3 N–H and O–H groups in total. The first kappa shape index (κ1) is 15.2. The van der Waals surface area contributed by atoms with Gasteiger partial charge in [-0.2, -0.15) is 0 Å². The van der Waals surface area contributed by atoms with E-state index < -0.39 is 0 Å². The van der Waals surface area contributed by atoms with Crippen molar-refractivity contribution >= 4 is 23.2 Å². The van der Waals surface area contributed by atoms with Crippen molar-refractivity contribution < 1.29 is 9.53 Å². The lowest BCUT2D eigenvalue weighted by atomic mass is 10.1. The summed E-state index contributed by atoms with van der Waals surface area (Å²) in [6.45, 7) is 2.69. The van der Waals surface area contributed by atoms with Crippen LogP contribution in [-0.4, -0.2) is 19.1 Å². The van der Waals surface area contributed by atoms with E-state index >= 15 is 0 Å². The van der Waals surface area contributed by atoms with Crippen LogP contribution in [-0.2, 0) is 0 Å². The number of nitrogens with two attached hydrogens (primary N) is 1. The van der Waals surface area contributed by atoms with E-state index in [-0.39, 0.29) is 5.91 Å². The van der Waals surface area contributed by atoms with E-state index in [1.165, 1.54) is 0 Å². The van der Waals surface area contributed by atoms with Crippen LogP contribution in [0.25, 0.3) is 0 Å². The Bertz CT molecular complexity index is 627. The molecule has 4 nitrogen and oxygen atoms in total. The summed E-state index contributed by atoms with van der Waals surface area (Å²) in [6.07, 6.45) is 0. The van der Waals surface area contributed by atoms with E-state index in [1.54, 1.807) is 36.4 Å². The Balaban J connectivity index is 1.79. The molecule has 0 spiro atoms. The minimum absolute atomic E-state index is 0.169. The summed E-state index contributed by atoms with van der Waals surface area (Å²) in [5.74, 6) is 0.551. The zero-order valence-electron chi connectivity index (χ0n) is 11.7. The maximum atomic E-state index is 11.9. The molecular weight excluding hydrogens is 288 g/mol. The second-order valence-electron chi connectivity index (χ2n) is 4.64. The molecule has 2 aromatic rings. The maximum Gasteiger partial charge on any atom is 0.251 e. The van der Waals surface area contributed by atoms with Crippen LogP contribution in [0.5, 0.6) is 5.75 Å². The number of halogens is 1. The van der Waals surface area contributed by atoms with Crippen molar-refractivity contribution in [1.82, 2.24) is 5.32 Å². The van der Waals surface area contributed by atoms with Crippen LogP contribution in [0, 0.1) is 6.92 Å². The fraction of sp³-hybridized carbons (Fsp3) is 0.188. The van der Waals surface area contributed by atoms with Gasteiger partial charge >= 0.3 is 0 Å². The second kappa shape index (κ2) is 6.99. The summed E-state index contributed by atoms with van der Waals surface area (Å²) >= 11 is 6.00. The fourth-order valence-corrected chi connectivity index (χ4v) is 1.91. The van der Waals surface area contributed by atoms with Crippen molar-refractivity contribution in [3.63, 3.8) is 0 Å². The molecule has 2 aromatic carbocycles. The second-order valence-corrected chi connectivity index (χ2v) is 5.04. The highest BCUT2D eigenvalue weighted by molar-refractivity contribution is 6.31. The number of ether oxygens (including phenoxy) is 1. The van der Waals surface area contributed by atoms with Crippen LogP contribution in [0.15, 0.2) is 42.5 Å². The van der Waals surface area contributed by atoms with Gasteiger partial charge in [0.05, 0.1) is 6.54 Å². The molecule has 0 aliphatic carbocycles. The average Bonchev–Trinajstić information content (AvgIpc) is 2.48. The monoisotopic (exact) mass is 304 g/mol. The molecule has 5 heteroatoms. The molecule has 0 bridgehead atoms. The van der Waals surface area contributed by atoms with Crippen molar-refractivity contribution in [2.75, 3.05) is 18.9 Å². The highest BCUT2D eigenvalue weighted by Gasteiger charge is 2.06. The summed E-state index contributed by atoms with van der Waals surface area (Å²) in [6, 6.07) is 12.3. The number of carbonyl (C=O) groups is 1. The molecular formula is C16H17ClN2O2. The molecule has 0 aliphatic rings. The molecule has 0 aromatic heterocycles. The van der Waals surface area contributed by atoms with Crippen molar-refractivity contribution in [1.29, 1.82) is 0 Å². The van der Waals surface area contributed by atoms with Crippen molar-refractivity contribution in [2.45, 2.75) is 6.92 Å². The van der Waals surface area contributed by atoms with Gasteiger partial charge in [-0.05, 0) is 48.9 Å². The summed E-state index contributed by atoms with van der Waals surface area (Å²) in [5, 5.41) is 3.36. The number of anilines is 1. The van der Waals surface area contributed by atoms with E-state index in [0.29, 0.717) is 29.4 Å². The van der Waals surface area contributed by atoms with Crippen LogP contribution in [0.2, 0.25) is 5.02 Å². The minimum atomic E-state index is -0.169. The number of hydrogen-bond acceptors (Lipinski definition) is 3. The molecule has 0 atom stereocenters. The van der Waals surface area contributed by atoms with Gasteiger partial charge in [0.25, 0.3) is 5.91 Å². The Labute approximate surface area is 128 Å². The molecule has 0 saturated heterocycles. The van der Waals surface area contributed by atoms with Gasteiger partial charge in [0, 0.05) is 16.3 Å². The number of nitrogen functional groups attached to an aromatic ring is 1. The van der Waals surface area contributed by atoms with Gasteiger partial charge in [-0.3, -0.25) is 4.79 Å². The maximum absolute atomic E-state index is 11.9. The first-order chi connectivity index (χ1) is 10.1. The lowest BCUT2D eigenvalue weighted by molar-refractivity contribution is 0.0947. The Hall–Kier alpha value is -2.20. The number of hydrogen-bond donors (Lipinski definition) is 2. The first-order valence-corrected chi connectivity index (χ1v) is 6.97. The molecule has 21 heavy (non-hydrogen) atoms. The third-order valence-electron chi connectivity index (χ3n) is 2.97. The van der Waals surface area contributed by atoms with Gasteiger partial charge < -0.3 is 15.8 Å². The molecule has 0 radical (unpaired) electrons. The lowest BCUT2D eigenvalue weighted by Gasteiger charge is -2.08.